The summed E-state index contributed by atoms with van der Waals surface area (Å²) in [7, 11) is 3.59. The predicted molar refractivity (Wildman–Crippen MR) is 156 cm³/mol. The zero-order valence-corrected chi connectivity index (χ0v) is 23.8. The molecule has 1 saturated carbocycles. The number of hydrogen-bond donors (Lipinski definition) is 4. The third kappa shape index (κ3) is 7.12. The lowest BCUT2D eigenvalue weighted by Gasteiger charge is -2.28. The highest BCUT2D eigenvalue weighted by molar-refractivity contribution is 7.14. The third-order valence-electron chi connectivity index (χ3n) is 6.63. The number of hydrogen-bond acceptors (Lipinski definition) is 12. The van der Waals surface area contributed by atoms with Crippen molar-refractivity contribution in [3.63, 3.8) is 0 Å². The van der Waals surface area contributed by atoms with Crippen LogP contribution >= 0.6 is 22.7 Å². The van der Waals surface area contributed by atoms with Gasteiger partial charge in [-0.2, -0.15) is 10.2 Å². The van der Waals surface area contributed by atoms with E-state index in [9.17, 15) is 9.59 Å². The standard InChI is InChI=1S/C26H30N10O2S2/c1-27-25-29-17(13-39-25)11-23(37)31-21-8-6-19(33-35-21)15-4-3-5-16(10-15)20-7-9-22(36-34-20)32-24(38)12-18-14-40-26(28-2)30-18/h6-9,13-16H,3-5,10-12H2,1-2H3,(H,27,29)(H,28,30)(H,31,35,37)(H,32,36,38)/t15-,16-/m0/s1. The molecule has 40 heavy (non-hydrogen) atoms. The van der Waals surface area contributed by atoms with Gasteiger partial charge in [-0.3, -0.25) is 9.59 Å². The number of carbonyl (C=O) groups is 2. The molecule has 0 aliphatic heterocycles. The van der Waals surface area contributed by atoms with Crippen molar-refractivity contribution < 1.29 is 9.59 Å². The second-order valence-electron chi connectivity index (χ2n) is 9.49. The Morgan fingerprint density at radius 1 is 0.750 bits per heavy atom. The largest absolute Gasteiger partial charge is 0.365 e. The molecular formula is C26H30N10O2S2. The van der Waals surface area contributed by atoms with E-state index in [1.807, 2.05) is 22.9 Å². The molecule has 0 saturated heterocycles. The van der Waals surface area contributed by atoms with Crippen molar-refractivity contribution in [1.29, 1.82) is 0 Å². The quantitative estimate of drug-likeness (QED) is 0.216. The van der Waals surface area contributed by atoms with Crippen LogP contribution < -0.4 is 21.3 Å². The highest BCUT2D eigenvalue weighted by Gasteiger charge is 2.27. The number of aromatic nitrogens is 6. The molecule has 4 heterocycles. The van der Waals surface area contributed by atoms with Crippen molar-refractivity contribution >= 4 is 56.4 Å². The molecular weight excluding hydrogens is 548 g/mol. The lowest BCUT2D eigenvalue weighted by molar-refractivity contribution is -0.116. The summed E-state index contributed by atoms with van der Waals surface area (Å²) in [5.74, 6) is 0.964. The van der Waals surface area contributed by atoms with Gasteiger partial charge in [-0.1, -0.05) is 6.42 Å². The fourth-order valence-electron chi connectivity index (χ4n) is 4.69. The molecule has 0 aromatic carbocycles. The lowest BCUT2D eigenvalue weighted by Crippen LogP contribution is -2.18. The van der Waals surface area contributed by atoms with Gasteiger partial charge in [0.1, 0.15) is 0 Å². The number of carbonyl (C=O) groups excluding carboxylic acids is 2. The molecule has 0 bridgehead atoms. The van der Waals surface area contributed by atoms with Crippen LogP contribution in [0.2, 0.25) is 0 Å². The minimum absolute atomic E-state index is 0.179. The monoisotopic (exact) mass is 578 g/mol. The highest BCUT2D eigenvalue weighted by atomic mass is 32.1. The fraction of sp³-hybridized carbons (Fsp3) is 0.385. The molecule has 0 radical (unpaired) electrons. The molecule has 1 aliphatic rings. The van der Waals surface area contributed by atoms with Crippen LogP contribution in [0.15, 0.2) is 35.0 Å². The zero-order valence-electron chi connectivity index (χ0n) is 22.2. The molecule has 4 N–H and O–H groups in total. The van der Waals surface area contributed by atoms with E-state index in [0.717, 1.165) is 47.3 Å². The van der Waals surface area contributed by atoms with E-state index >= 15 is 0 Å². The van der Waals surface area contributed by atoms with Crippen LogP contribution in [0.5, 0.6) is 0 Å². The summed E-state index contributed by atoms with van der Waals surface area (Å²) >= 11 is 2.92. The molecule has 1 aliphatic carbocycles. The number of amides is 2. The van der Waals surface area contributed by atoms with Crippen LogP contribution in [-0.4, -0.2) is 56.3 Å². The Morgan fingerprint density at radius 2 is 1.23 bits per heavy atom. The maximum Gasteiger partial charge on any atom is 0.231 e. The lowest BCUT2D eigenvalue weighted by atomic mass is 9.78. The minimum atomic E-state index is -0.183. The molecule has 4 aromatic heterocycles. The first-order chi connectivity index (χ1) is 19.5. The van der Waals surface area contributed by atoms with Crippen molar-refractivity contribution in [2.75, 3.05) is 35.4 Å². The maximum absolute atomic E-state index is 12.4. The van der Waals surface area contributed by atoms with Gasteiger partial charge in [0.25, 0.3) is 0 Å². The van der Waals surface area contributed by atoms with Gasteiger partial charge in [-0.15, -0.1) is 32.9 Å². The van der Waals surface area contributed by atoms with Gasteiger partial charge >= 0.3 is 0 Å². The highest BCUT2D eigenvalue weighted by Crippen LogP contribution is 2.40. The summed E-state index contributed by atoms with van der Waals surface area (Å²) in [6.07, 6.45) is 4.32. The van der Waals surface area contributed by atoms with E-state index in [-0.39, 0.29) is 36.5 Å². The van der Waals surface area contributed by atoms with E-state index in [1.165, 1.54) is 22.7 Å². The number of nitrogens with zero attached hydrogens (tertiary/aromatic N) is 6. The van der Waals surface area contributed by atoms with Crippen LogP contribution in [0.4, 0.5) is 21.9 Å². The second-order valence-corrected chi connectivity index (χ2v) is 11.2. The van der Waals surface area contributed by atoms with Crippen molar-refractivity contribution in [2.24, 2.45) is 0 Å². The predicted octanol–water partition coefficient (Wildman–Crippen LogP) is 4.07. The van der Waals surface area contributed by atoms with Crippen LogP contribution in [0.1, 0.15) is 60.3 Å². The first-order valence-corrected chi connectivity index (χ1v) is 14.8. The summed E-state index contributed by atoms with van der Waals surface area (Å²) in [6.45, 7) is 0. The van der Waals surface area contributed by atoms with E-state index in [4.69, 9.17) is 0 Å². The molecule has 208 valence electrons. The Kier molecular flexibility index (Phi) is 8.86. The van der Waals surface area contributed by atoms with Crippen molar-refractivity contribution in [1.82, 2.24) is 30.4 Å². The molecule has 4 aromatic rings. The molecule has 12 nitrogen and oxygen atoms in total. The molecule has 14 heteroatoms. The van der Waals surface area contributed by atoms with E-state index < -0.39 is 0 Å². The van der Waals surface area contributed by atoms with Crippen LogP contribution in [-0.2, 0) is 22.4 Å². The van der Waals surface area contributed by atoms with Gasteiger partial charge < -0.3 is 21.3 Å². The van der Waals surface area contributed by atoms with Gasteiger partial charge in [0.05, 0.1) is 35.6 Å². The second kappa shape index (κ2) is 12.9. The summed E-state index contributed by atoms with van der Waals surface area (Å²) < 4.78 is 0. The van der Waals surface area contributed by atoms with Gasteiger partial charge in [-0.05, 0) is 43.5 Å². The van der Waals surface area contributed by atoms with Gasteiger partial charge in [-0.25, -0.2) is 9.97 Å². The maximum atomic E-state index is 12.4. The number of rotatable bonds is 10. The Bertz CT molecular complexity index is 1330. The van der Waals surface area contributed by atoms with Gasteiger partial charge in [0.2, 0.25) is 11.8 Å². The van der Waals surface area contributed by atoms with Crippen LogP contribution in [0.25, 0.3) is 0 Å². The molecule has 5 rings (SSSR count). The summed E-state index contributed by atoms with van der Waals surface area (Å²) in [4.78, 5) is 33.4. The Morgan fingerprint density at radius 3 is 1.60 bits per heavy atom. The average Bonchev–Trinajstić information content (AvgIpc) is 3.63. The molecule has 2 atom stereocenters. The Balaban J connectivity index is 1.13. The number of anilines is 4. The SMILES string of the molecule is CNc1nc(CC(=O)Nc2ccc([C@H]3CCC[C@H](c4ccc(NC(=O)Cc5csc(NC)n5)nn4)C3)nn2)cs1. The van der Waals surface area contributed by atoms with Crippen molar-refractivity contribution in [3.8, 4) is 0 Å². The summed E-state index contributed by atoms with van der Waals surface area (Å²) in [5.41, 5.74) is 3.23. The molecule has 2 amide bonds. The van der Waals surface area contributed by atoms with E-state index in [0.29, 0.717) is 23.0 Å². The average molecular weight is 579 g/mol. The third-order valence-corrected chi connectivity index (χ3v) is 8.45. The number of nitrogens with one attached hydrogen (secondary N) is 4. The Labute approximate surface area is 239 Å². The molecule has 1 fully saturated rings. The fourth-order valence-corrected chi connectivity index (χ4v) is 6.03. The first kappa shape index (κ1) is 27.5. The van der Waals surface area contributed by atoms with Crippen LogP contribution in [0, 0.1) is 0 Å². The summed E-state index contributed by atoms with van der Waals surface area (Å²) in [5, 5.41) is 34.1. The topological polar surface area (TPSA) is 160 Å². The van der Waals surface area contributed by atoms with Crippen molar-refractivity contribution in [3.05, 3.63) is 57.8 Å². The Hall–Kier alpha value is -4.04. The smallest absolute Gasteiger partial charge is 0.231 e. The van der Waals surface area contributed by atoms with E-state index in [1.54, 1.807) is 26.2 Å². The van der Waals surface area contributed by atoms with Gasteiger partial charge in [0.15, 0.2) is 21.9 Å². The molecule has 0 spiro atoms. The minimum Gasteiger partial charge on any atom is -0.365 e. The van der Waals surface area contributed by atoms with Crippen LogP contribution in [0.3, 0.4) is 0 Å². The van der Waals surface area contributed by atoms with E-state index in [2.05, 4.69) is 51.6 Å². The zero-order chi connectivity index (χ0) is 27.9. The summed E-state index contributed by atoms with van der Waals surface area (Å²) in [6, 6.07) is 7.46. The number of thiazole rings is 2. The van der Waals surface area contributed by atoms with Gasteiger partial charge in [0, 0.05) is 36.7 Å². The van der Waals surface area contributed by atoms with Crippen molar-refractivity contribution in [2.45, 2.75) is 50.4 Å². The first-order valence-electron chi connectivity index (χ1n) is 13.0. The normalized spacial score (nSPS) is 16.8. The molecule has 0 unspecified atom stereocenters.